The van der Waals surface area contributed by atoms with Crippen LogP contribution in [0.4, 0.5) is 10.5 Å². The van der Waals surface area contributed by atoms with Crippen molar-refractivity contribution in [3.63, 3.8) is 0 Å². The van der Waals surface area contributed by atoms with Crippen LogP contribution in [-0.2, 0) is 9.53 Å². The van der Waals surface area contributed by atoms with Crippen LogP contribution >= 0.6 is 0 Å². The summed E-state index contributed by atoms with van der Waals surface area (Å²) in [6.45, 7) is 1.21. The van der Waals surface area contributed by atoms with Gasteiger partial charge in [-0.25, -0.2) is 4.79 Å². The van der Waals surface area contributed by atoms with Crippen molar-refractivity contribution in [2.45, 2.75) is 12.8 Å². The molecule has 0 aliphatic carbocycles. The summed E-state index contributed by atoms with van der Waals surface area (Å²) < 4.78 is 10.1. The van der Waals surface area contributed by atoms with E-state index < -0.39 is 0 Å². The van der Waals surface area contributed by atoms with E-state index in [4.69, 9.17) is 4.42 Å². The number of ether oxygens (including phenoxy) is 1. The van der Waals surface area contributed by atoms with Gasteiger partial charge < -0.3 is 19.4 Å². The van der Waals surface area contributed by atoms with Crippen LogP contribution < -0.4 is 5.32 Å². The number of furan rings is 1. The highest BCUT2D eigenvalue weighted by Crippen LogP contribution is 2.24. The zero-order valence-electron chi connectivity index (χ0n) is 13.5. The lowest BCUT2D eigenvalue weighted by Crippen LogP contribution is -2.33. The van der Waals surface area contributed by atoms with E-state index in [0.717, 1.165) is 17.7 Å². The molecule has 2 amide bonds. The van der Waals surface area contributed by atoms with Crippen LogP contribution in [0.25, 0.3) is 11.3 Å². The SMILES string of the molecule is COC(=O)CC1CCN(C(=O)Nc2cccc(-c3ccco3)c2)C1. The topological polar surface area (TPSA) is 71.8 Å². The van der Waals surface area contributed by atoms with Gasteiger partial charge in [0, 0.05) is 24.3 Å². The van der Waals surface area contributed by atoms with Gasteiger partial charge in [0.25, 0.3) is 0 Å². The van der Waals surface area contributed by atoms with Crippen LogP contribution in [-0.4, -0.2) is 37.1 Å². The van der Waals surface area contributed by atoms with Crippen molar-refractivity contribution in [2.75, 3.05) is 25.5 Å². The van der Waals surface area contributed by atoms with Gasteiger partial charge in [0.2, 0.25) is 0 Å². The molecular weight excluding hydrogens is 308 g/mol. The number of likely N-dealkylation sites (tertiary alicyclic amines) is 1. The molecule has 0 saturated carbocycles. The molecule has 3 rings (SSSR count). The number of carbonyl (C=O) groups excluding carboxylic acids is 2. The zero-order chi connectivity index (χ0) is 16.9. The summed E-state index contributed by atoms with van der Waals surface area (Å²) in [5.74, 6) is 0.691. The van der Waals surface area contributed by atoms with E-state index in [9.17, 15) is 9.59 Å². The lowest BCUT2D eigenvalue weighted by atomic mass is 10.1. The fraction of sp³-hybridized carbons (Fsp3) is 0.333. The summed E-state index contributed by atoms with van der Waals surface area (Å²) in [4.78, 5) is 25.5. The Hall–Kier alpha value is -2.76. The fourth-order valence-corrected chi connectivity index (χ4v) is 2.90. The minimum absolute atomic E-state index is 0.154. The number of esters is 1. The molecule has 1 saturated heterocycles. The predicted octanol–water partition coefficient (Wildman–Crippen LogP) is 3.36. The molecular formula is C18H20N2O4. The Kier molecular flexibility index (Phi) is 4.84. The Labute approximate surface area is 140 Å². The smallest absolute Gasteiger partial charge is 0.321 e. The molecule has 6 heteroatoms. The van der Waals surface area contributed by atoms with E-state index in [1.54, 1.807) is 11.2 Å². The molecule has 1 aliphatic rings. The second-order valence-electron chi connectivity index (χ2n) is 5.87. The lowest BCUT2D eigenvalue weighted by Gasteiger charge is -2.17. The highest BCUT2D eigenvalue weighted by molar-refractivity contribution is 5.90. The minimum atomic E-state index is -0.228. The molecule has 0 spiro atoms. The Morgan fingerprint density at radius 2 is 2.21 bits per heavy atom. The largest absolute Gasteiger partial charge is 0.469 e. The Balaban J connectivity index is 1.59. The molecule has 0 radical (unpaired) electrons. The number of nitrogens with one attached hydrogen (secondary N) is 1. The molecule has 24 heavy (non-hydrogen) atoms. The predicted molar refractivity (Wildman–Crippen MR) is 89.5 cm³/mol. The third-order valence-corrected chi connectivity index (χ3v) is 4.18. The van der Waals surface area contributed by atoms with Crippen LogP contribution in [0.15, 0.2) is 47.1 Å². The number of carbonyl (C=O) groups is 2. The third kappa shape index (κ3) is 3.76. The summed E-state index contributed by atoms with van der Waals surface area (Å²) in [5, 5.41) is 2.90. The second kappa shape index (κ2) is 7.21. The molecule has 1 atom stereocenters. The first-order valence-corrected chi connectivity index (χ1v) is 7.92. The van der Waals surface area contributed by atoms with Gasteiger partial charge in [0.1, 0.15) is 5.76 Å². The van der Waals surface area contributed by atoms with Crippen molar-refractivity contribution >= 4 is 17.7 Å². The lowest BCUT2D eigenvalue weighted by molar-refractivity contribution is -0.141. The van der Waals surface area contributed by atoms with Gasteiger partial charge in [0.15, 0.2) is 0 Å². The Morgan fingerprint density at radius 3 is 2.96 bits per heavy atom. The molecule has 6 nitrogen and oxygen atoms in total. The Morgan fingerprint density at radius 1 is 1.33 bits per heavy atom. The second-order valence-corrected chi connectivity index (χ2v) is 5.87. The number of amides is 2. The van der Waals surface area contributed by atoms with Gasteiger partial charge in [-0.1, -0.05) is 12.1 Å². The first-order chi connectivity index (χ1) is 11.7. The standard InChI is InChI=1S/C18H20N2O4/c1-23-17(21)10-13-7-8-20(12-13)18(22)19-15-5-2-4-14(11-15)16-6-3-9-24-16/h2-6,9,11,13H,7-8,10,12H2,1H3,(H,19,22). The monoisotopic (exact) mass is 328 g/mol. The molecule has 1 aromatic carbocycles. The van der Waals surface area contributed by atoms with Crippen LogP contribution in [0.1, 0.15) is 12.8 Å². The normalized spacial score (nSPS) is 16.9. The molecule has 126 valence electrons. The van der Waals surface area contributed by atoms with E-state index in [-0.39, 0.29) is 17.9 Å². The van der Waals surface area contributed by atoms with Crippen molar-refractivity contribution in [3.05, 3.63) is 42.7 Å². The van der Waals surface area contributed by atoms with Crippen LogP contribution in [0.3, 0.4) is 0 Å². The highest BCUT2D eigenvalue weighted by Gasteiger charge is 2.28. The van der Waals surface area contributed by atoms with Crippen molar-refractivity contribution in [3.8, 4) is 11.3 Å². The average Bonchev–Trinajstić information content (AvgIpc) is 3.27. The number of methoxy groups -OCH3 is 1. The van der Waals surface area contributed by atoms with E-state index in [1.807, 2.05) is 36.4 Å². The zero-order valence-corrected chi connectivity index (χ0v) is 13.5. The van der Waals surface area contributed by atoms with Gasteiger partial charge in [-0.2, -0.15) is 0 Å². The molecule has 0 bridgehead atoms. The van der Waals surface area contributed by atoms with Gasteiger partial charge >= 0.3 is 12.0 Å². The third-order valence-electron chi connectivity index (χ3n) is 4.18. The number of nitrogens with zero attached hydrogens (tertiary/aromatic N) is 1. The molecule has 1 fully saturated rings. The van der Waals surface area contributed by atoms with E-state index in [1.165, 1.54) is 7.11 Å². The first kappa shape index (κ1) is 16.1. The van der Waals surface area contributed by atoms with Gasteiger partial charge in [-0.3, -0.25) is 4.79 Å². The number of urea groups is 1. The minimum Gasteiger partial charge on any atom is -0.469 e. The van der Waals surface area contributed by atoms with E-state index in [0.29, 0.717) is 25.2 Å². The summed E-state index contributed by atoms with van der Waals surface area (Å²) >= 11 is 0. The summed E-state index contributed by atoms with van der Waals surface area (Å²) in [7, 11) is 1.38. The summed E-state index contributed by atoms with van der Waals surface area (Å²) in [5.41, 5.74) is 1.62. The molecule has 1 aliphatic heterocycles. The number of hydrogen-bond donors (Lipinski definition) is 1. The maximum absolute atomic E-state index is 12.4. The Bertz CT molecular complexity index is 712. The van der Waals surface area contributed by atoms with Gasteiger partial charge in [-0.05, 0) is 36.6 Å². The van der Waals surface area contributed by atoms with Gasteiger partial charge in [-0.15, -0.1) is 0 Å². The number of anilines is 1. The maximum Gasteiger partial charge on any atom is 0.321 e. The van der Waals surface area contributed by atoms with E-state index in [2.05, 4.69) is 10.1 Å². The summed E-state index contributed by atoms with van der Waals surface area (Å²) in [6.07, 6.45) is 2.79. The van der Waals surface area contributed by atoms with Crippen LogP contribution in [0.5, 0.6) is 0 Å². The van der Waals surface area contributed by atoms with Crippen molar-refractivity contribution in [1.82, 2.24) is 4.90 Å². The van der Waals surface area contributed by atoms with Crippen LogP contribution in [0, 0.1) is 5.92 Å². The molecule has 2 aromatic rings. The molecule has 1 N–H and O–H groups in total. The number of rotatable bonds is 4. The summed E-state index contributed by atoms with van der Waals surface area (Å²) in [6, 6.07) is 11.1. The number of benzene rings is 1. The highest BCUT2D eigenvalue weighted by atomic mass is 16.5. The van der Waals surface area contributed by atoms with Crippen molar-refractivity contribution in [1.29, 1.82) is 0 Å². The molecule has 2 heterocycles. The fourth-order valence-electron chi connectivity index (χ4n) is 2.90. The molecule has 1 aromatic heterocycles. The molecule has 1 unspecified atom stereocenters. The van der Waals surface area contributed by atoms with Crippen LogP contribution in [0.2, 0.25) is 0 Å². The first-order valence-electron chi connectivity index (χ1n) is 7.92. The average molecular weight is 328 g/mol. The number of hydrogen-bond acceptors (Lipinski definition) is 4. The quantitative estimate of drug-likeness (QED) is 0.874. The van der Waals surface area contributed by atoms with Crippen molar-refractivity contribution < 1.29 is 18.7 Å². The van der Waals surface area contributed by atoms with Crippen molar-refractivity contribution in [2.24, 2.45) is 5.92 Å². The van der Waals surface area contributed by atoms with E-state index >= 15 is 0 Å². The van der Waals surface area contributed by atoms with Gasteiger partial charge in [0.05, 0.1) is 19.8 Å². The maximum atomic E-state index is 12.4.